The van der Waals surface area contributed by atoms with Crippen LogP contribution < -0.4 is 51.4 Å². The van der Waals surface area contributed by atoms with Gasteiger partial charge in [0.1, 0.15) is 0 Å². The van der Waals surface area contributed by atoms with E-state index in [1.54, 1.807) is 12.4 Å². The van der Waals surface area contributed by atoms with Crippen molar-refractivity contribution in [3.63, 3.8) is 0 Å². The van der Waals surface area contributed by atoms with Gasteiger partial charge in [-0.3, -0.25) is 0 Å². The molecule has 2 nitrogen and oxygen atoms in total. The number of nitrogens with zero attached hydrogens (tertiary/aromatic N) is 1. The Morgan fingerprint density at radius 1 is 1.67 bits per heavy atom. The van der Waals surface area contributed by atoms with Crippen LogP contribution >= 0.6 is 0 Å². The molecule has 0 aliphatic rings. The van der Waals surface area contributed by atoms with Crippen molar-refractivity contribution in [2.45, 2.75) is 0 Å². The molecule has 1 rings (SSSR count). The van der Waals surface area contributed by atoms with Crippen molar-refractivity contribution in [2.75, 3.05) is 0 Å². The fourth-order valence-electron chi connectivity index (χ4n) is 0.186. The predicted octanol–water partition coefficient (Wildman–Crippen LogP) is -2.79. The first kappa shape index (κ1) is 6.85. The van der Waals surface area contributed by atoms with E-state index in [1.807, 2.05) is 0 Å². The molecule has 0 aromatic carbocycles. The van der Waals surface area contributed by atoms with Gasteiger partial charge in [-0.1, -0.05) is 0 Å². The van der Waals surface area contributed by atoms with Crippen LogP contribution in [0, 0.1) is 6.07 Å². The van der Waals surface area contributed by atoms with Crippen molar-refractivity contribution in [1.82, 2.24) is 10.2 Å². The fourth-order valence-corrected chi connectivity index (χ4v) is 0.186. The van der Waals surface area contributed by atoms with Crippen molar-refractivity contribution >= 4 is 0 Å². The van der Waals surface area contributed by atoms with Gasteiger partial charge >= 0.3 is 51.4 Å². The number of aromatic nitrogens is 2. The Labute approximate surface area is 78.8 Å². The van der Waals surface area contributed by atoms with Gasteiger partial charge in [-0.25, -0.2) is 5.10 Å². The van der Waals surface area contributed by atoms with Gasteiger partial charge in [-0.05, 0) is 0 Å². The number of nitrogens with one attached hydrogen (secondary N) is 1. The van der Waals surface area contributed by atoms with E-state index in [-0.39, 0.29) is 51.4 Å². The molecule has 0 saturated heterocycles. The molecule has 0 saturated carbocycles. The minimum absolute atomic E-state index is 0. The molecular formula is C3H3KN2. The summed E-state index contributed by atoms with van der Waals surface area (Å²) in [6, 6.07) is 2.69. The molecule has 1 heterocycles. The molecule has 3 heteroatoms. The summed E-state index contributed by atoms with van der Waals surface area (Å²) in [6.07, 6.45) is 3.21. The Morgan fingerprint density at radius 3 is 2.67 bits per heavy atom. The molecule has 0 spiro atoms. The molecule has 26 valence electrons. The third-order valence-corrected chi connectivity index (χ3v) is 0.362. The molecule has 0 amide bonds. The first-order chi connectivity index (χ1) is 2.50. The zero-order valence-electron chi connectivity index (χ0n) is 3.60. The molecule has 1 aromatic rings. The molecule has 0 atom stereocenters. The number of hydrogen-bond acceptors (Lipinski definition) is 1. The summed E-state index contributed by atoms with van der Waals surface area (Å²) in [4.78, 5) is 0. The first-order valence-corrected chi connectivity index (χ1v) is 1.35. The molecule has 0 bridgehead atoms. The van der Waals surface area contributed by atoms with E-state index in [4.69, 9.17) is 0 Å². The van der Waals surface area contributed by atoms with E-state index < -0.39 is 0 Å². The average molecular weight is 106 g/mol. The smallest absolute Gasteiger partial charge is 0.433 e. The summed E-state index contributed by atoms with van der Waals surface area (Å²) in [5.74, 6) is 0. The van der Waals surface area contributed by atoms with Gasteiger partial charge in [0.25, 0.3) is 0 Å². The Hall–Kier alpha value is 0.846. The molecule has 0 aliphatic carbocycles. The summed E-state index contributed by atoms with van der Waals surface area (Å²) in [7, 11) is 0. The van der Waals surface area contributed by atoms with E-state index >= 15 is 0 Å². The largest absolute Gasteiger partial charge is 1.00 e. The van der Waals surface area contributed by atoms with Gasteiger partial charge in [0.15, 0.2) is 0 Å². The zero-order valence-corrected chi connectivity index (χ0v) is 6.73. The molecule has 1 N–H and O–H groups in total. The second-order valence-corrected chi connectivity index (χ2v) is 0.698. The van der Waals surface area contributed by atoms with Crippen molar-refractivity contribution in [3.05, 3.63) is 18.5 Å². The van der Waals surface area contributed by atoms with E-state index in [2.05, 4.69) is 16.3 Å². The van der Waals surface area contributed by atoms with Crippen molar-refractivity contribution in [1.29, 1.82) is 0 Å². The summed E-state index contributed by atoms with van der Waals surface area (Å²) in [6.45, 7) is 0. The Balaban J connectivity index is 0.000000250. The van der Waals surface area contributed by atoms with Crippen molar-refractivity contribution < 1.29 is 51.4 Å². The monoisotopic (exact) mass is 106 g/mol. The van der Waals surface area contributed by atoms with Crippen LogP contribution in [0.5, 0.6) is 0 Å². The van der Waals surface area contributed by atoms with Gasteiger partial charge in [0.05, 0.1) is 0 Å². The summed E-state index contributed by atoms with van der Waals surface area (Å²) in [5, 5.41) is 6.10. The summed E-state index contributed by atoms with van der Waals surface area (Å²) >= 11 is 0. The van der Waals surface area contributed by atoms with Crippen LogP contribution in [0.1, 0.15) is 0 Å². The van der Waals surface area contributed by atoms with Gasteiger partial charge in [-0.2, -0.15) is 6.20 Å². The second-order valence-electron chi connectivity index (χ2n) is 0.698. The van der Waals surface area contributed by atoms with Crippen LogP contribution in [0.25, 0.3) is 0 Å². The van der Waals surface area contributed by atoms with Crippen LogP contribution in [0.3, 0.4) is 0 Å². The van der Waals surface area contributed by atoms with Gasteiger partial charge in [0.2, 0.25) is 0 Å². The van der Waals surface area contributed by atoms with Crippen LogP contribution in [0.15, 0.2) is 12.4 Å². The molecule has 0 aliphatic heterocycles. The third kappa shape index (κ3) is 2.10. The van der Waals surface area contributed by atoms with Crippen LogP contribution in [0.4, 0.5) is 0 Å². The molecule has 0 fully saturated rings. The maximum Gasteiger partial charge on any atom is 1.00 e. The minimum atomic E-state index is 0. The topological polar surface area (TPSA) is 28.7 Å². The predicted molar refractivity (Wildman–Crippen MR) is 17.4 cm³/mol. The van der Waals surface area contributed by atoms with Gasteiger partial charge in [0, 0.05) is 0 Å². The first-order valence-electron chi connectivity index (χ1n) is 1.35. The Kier molecular flexibility index (Phi) is 4.58. The normalized spacial score (nSPS) is 6.67. The Morgan fingerprint density at radius 2 is 2.50 bits per heavy atom. The third-order valence-electron chi connectivity index (χ3n) is 0.362. The summed E-state index contributed by atoms with van der Waals surface area (Å²) in [5.41, 5.74) is 0. The number of hydrogen-bond donors (Lipinski definition) is 1. The maximum atomic E-state index is 3.54. The second kappa shape index (κ2) is 4.02. The summed E-state index contributed by atoms with van der Waals surface area (Å²) < 4.78 is 0. The van der Waals surface area contributed by atoms with Gasteiger partial charge in [-0.15, -0.1) is 6.20 Å². The van der Waals surface area contributed by atoms with Crippen molar-refractivity contribution in [3.8, 4) is 0 Å². The van der Waals surface area contributed by atoms with E-state index in [1.165, 1.54) is 0 Å². The molecule has 0 unspecified atom stereocenters. The fraction of sp³-hybridized carbons (Fsp3) is 0. The maximum absolute atomic E-state index is 3.54. The van der Waals surface area contributed by atoms with E-state index in [0.717, 1.165) is 0 Å². The Bertz CT molecular complexity index is 65.3. The van der Waals surface area contributed by atoms with E-state index in [0.29, 0.717) is 0 Å². The average Bonchev–Trinajstić information content (AvgIpc) is 1.76. The van der Waals surface area contributed by atoms with Crippen LogP contribution in [-0.2, 0) is 0 Å². The zero-order chi connectivity index (χ0) is 3.54. The molecule has 6 heavy (non-hydrogen) atoms. The number of aromatic amines is 1. The molecule has 1 aromatic heterocycles. The SMILES string of the molecule is [K+].[c-]1cn[nH]c1. The molecular weight excluding hydrogens is 103 g/mol. The van der Waals surface area contributed by atoms with Gasteiger partial charge < -0.3 is 11.2 Å². The quantitative estimate of drug-likeness (QED) is 0.281. The minimum Gasteiger partial charge on any atom is -0.433 e. The van der Waals surface area contributed by atoms with Crippen molar-refractivity contribution in [2.24, 2.45) is 0 Å². The van der Waals surface area contributed by atoms with E-state index in [9.17, 15) is 0 Å². The number of H-pyrrole nitrogens is 1. The van der Waals surface area contributed by atoms with Crippen LogP contribution in [-0.4, -0.2) is 10.2 Å². The standard InChI is InChI=1S/C3H3N2.K/c1-2-4-5-3-1;/h2-3H,(H,4,5);/q-1;+1. The number of rotatable bonds is 0. The van der Waals surface area contributed by atoms with Crippen LogP contribution in [0.2, 0.25) is 0 Å². The molecule has 0 radical (unpaired) electrons.